The number of halogens is 1. The molecule has 2 N–H and O–H groups in total. The second-order valence-corrected chi connectivity index (χ2v) is 7.37. The molecule has 1 aliphatic heterocycles. The third-order valence-corrected chi connectivity index (χ3v) is 5.27. The van der Waals surface area contributed by atoms with Gasteiger partial charge in [-0.05, 0) is 36.7 Å². The van der Waals surface area contributed by atoms with Crippen LogP contribution in [0.25, 0.3) is 0 Å². The van der Waals surface area contributed by atoms with Crippen molar-refractivity contribution in [3.63, 3.8) is 0 Å². The molecule has 0 aromatic heterocycles. The molecule has 1 aromatic carbocycles. The highest BCUT2D eigenvalue weighted by Gasteiger charge is 2.30. The summed E-state index contributed by atoms with van der Waals surface area (Å²) in [6.07, 6.45) is 0.651. The molecule has 1 atom stereocenters. The molecule has 1 aliphatic rings. The van der Waals surface area contributed by atoms with Gasteiger partial charge in [0.2, 0.25) is 0 Å². The fraction of sp³-hybridized carbons (Fsp3) is 0.538. The molecule has 4 nitrogen and oxygen atoms in total. The van der Waals surface area contributed by atoms with Gasteiger partial charge < -0.3 is 5.73 Å². The summed E-state index contributed by atoms with van der Waals surface area (Å²) < 4.78 is 36.3. The van der Waals surface area contributed by atoms with Crippen molar-refractivity contribution in [3.05, 3.63) is 35.1 Å². The Balaban J connectivity index is 2.07. The lowest BCUT2D eigenvalue weighted by atomic mass is 10.1. The molecule has 19 heavy (non-hydrogen) atoms. The summed E-state index contributed by atoms with van der Waals surface area (Å²) in [6.45, 7) is 0.831. The van der Waals surface area contributed by atoms with E-state index >= 15 is 0 Å². The molecular formula is C13H19FN2O2S. The predicted molar refractivity (Wildman–Crippen MR) is 72.8 cm³/mol. The molecule has 0 bridgehead atoms. The van der Waals surface area contributed by atoms with Crippen LogP contribution in [0, 0.1) is 5.82 Å². The average molecular weight is 286 g/mol. The maximum absolute atomic E-state index is 13.4. The Kier molecular flexibility index (Phi) is 4.23. The predicted octanol–water partition coefficient (Wildman–Crippen LogP) is 0.903. The van der Waals surface area contributed by atoms with E-state index in [1.807, 2.05) is 18.0 Å². The van der Waals surface area contributed by atoms with Crippen LogP contribution < -0.4 is 5.73 Å². The molecule has 1 aromatic rings. The van der Waals surface area contributed by atoms with E-state index in [9.17, 15) is 12.8 Å². The smallest absolute Gasteiger partial charge is 0.151 e. The largest absolute Gasteiger partial charge is 0.326 e. The van der Waals surface area contributed by atoms with Gasteiger partial charge in [0.25, 0.3) is 0 Å². The molecule has 0 amide bonds. The number of nitrogens with zero attached hydrogens (tertiary/aromatic N) is 1. The van der Waals surface area contributed by atoms with E-state index in [4.69, 9.17) is 5.73 Å². The van der Waals surface area contributed by atoms with Crippen LogP contribution >= 0.6 is 0 Å². The highest BCUT2D eigenvalue weighted by atomic mass is 32.2. The molecule has 0 aliphatic carbocycles. The van der Waals surface area contributed by atoms with Crippen LogP contribution in [0.1, 0.15) is 17.5 Å². The molecule has 6 heteroatoms. The van der Waals surface area contributed by atoms with Gasteiger partial charge >= 0.3 is 0 Å². The Morgan fingerprint density at radius 1 is 1.37 bits per heavy atom. The summed E-state index contributed by atoms with van der Waals surface area (Å²) in [7, 11) is -1.02. The van der Waals surface area contributed by atoms with Crippen molar-refractivity contribution >= 4 is 9.84 Å². The monoisotopic (exact) mass is 286 g/mol. The van der Waals surface area contributed by atoms with Crippen molar-refractivity contribution in [1.82, 2.24) is 4.90 Å². The minimum absolute atomic E-state index is 0.0228. The second kappa shape index (κ2) is 5.56. The van der Waals surface area contributed by atoms with Crippen molar-refractivity contribution in [2.45, 2.75) is 25.6 Å². The lowest BCUT2D eigenvalue weighted by Crippen LogP contribution is -2.32. The number of hydrogen-bond acceptors (Lipinski definition) is 4. The third-order valence-electron chi connectivity index (χ3n) is 3.52. The van der Waals surface area contributed by atoms with Crippen molar-refractivity contribution in [3.8, 4) is 0 Å². The molecule has 1 unspecified atom stereocenters. The van der Waals surface area contributed by atoms with Gasteiger partial charge in [0, 0.05) is 19.1 Å². The molecule has 2 rings (SSSR count). The van der Waals surface area contributed by atoms with Gasteiger partial charge in [-0.15, -0.1) is 0 Å². The Morgan fingerprint density at radius 2 is 2.05 bits per heavy atom. The lowest BCUT2D eigenvalue weighted by Gasteiger charge is -2.23. The van der Waals surface area contributed by atoms with Gasteiger partial charge in [-0.1, -0.05) is 6.07 Å². The zero-order chi connectivity index (χ0) is 14.0. The Bertz CT molecular complexity index is 560. The third kappa shape index (κ3) is 3.75. The molecule has 1 fully saturated rings. The quantitative estimate of drug-likeness (QED) is 0.893. The fourth-order valence-electron chi connectivity index (χ4n) is 2.47. The van der Waals surface area contributed by atoms with Gasteiger partial charge in [0.1, 0.15) is 5.82 Å². The van der Waals surface area contributed by atoms with Gasteiger partial charge in [-0.3, -0.25) is 4.90 Å². The molecule has 106 valence electrons. The van der Waals surface area contributed by atoms with Crippen LogP contribution in [-0.2, 0) is 22.9 Å². The average Bonchev–Trinajstić information content (AvgIpc) is 2.69. The molecule has 1 heterocycles. The molecule has 1 saturated heterocycles. The van der Waals surface area contributed by atoms with E-state index < -0.39 is 9.84 Å². The molecule has 0 saturated carbocycles. The van der Waals surface area contributed by atoms with E-state index in [1.165, 1.54) is 12.1 Å². The molecule has 0 spiro atoms. The van der Waals surface area contributed by atoms with Gasteiger partial charge in [0.15, 0.2) is 9.84 Å². The first kappa shape index (κ1) is 14.4. The topological polar surface area (TPSA) is 63.4 Å². The minimum atomic E-state index is -2.89. The summed E-state index contributed by atoms with van der Waals surface area (Å²) in [6, 6.07) is 4.78. The Morgan fingerprint density at radius 3 is 2.63 bits per heavy atom. The highest BCUT2D eigenvalue weighted by molar-refractivity contribution is 7.91. The van der Waals surface area contributed by atoms with Crippen molar-refractivity contribution in [2.24, 2.45) is 5.73 Å². The van der Waals surface area contributed by atoms with E-state index in [1.54, 1.807) is 0 Å². The first-order chi connectivity index (χ1) is 8.89. The standard InChI is InChI=1S/C13H19FN2O2S/c1-16(13-2-3-19(17,18)9-13)8-11-4-10(7-15)5-12(14)6-11/h4-6,13H,2-3,7-9,15H2,1H3. The maximum Gasteiger partial charge on any atom is 0.151 e. The van der Waals surface area contributed by atoms with Crippen molar-refractivity contribution in [1.29, 1.82) is 0 Å². The number of sulfone groups is 1. The SMILES string of the molecule is CN(Cc1cc(F)cc(CN)c1)C1CCS(=O)(=O)C1. The Labute approximate surface area is 113 Å². The van der Waals surface area contributed by atoms with E-state index in [0.29, 0.717) is 19.5 Å². The second-order valence-electron chi connectivity index (χ2n) is 5.14. The van der Waals surface area contributed by atoms with Gasteiger partial charge in [0.05, 0.1) is 11.5 Å². The highest BCUT2D eigenvalue weighted by Crippen LogP contribution is 2.19. The van der Waals surface area contributed by atoms with Crippen LogP contribution in [0.15, 0.2) is 18.2 Å². The number of nitrogens with two attached hydrogens (primary N) is 1. The summed E-state index contributed by atoms with van der Waals surface area (Å²) >= 11 is 0. The van der Waals surface area contributed by atoms with Gasteiger partial charge in [-0.2, -0.15) is 0 Å². The zero-order valence-corrected chi connectivity index (χ0v) is 11.8. The van der Waals surface area contributed by atoms with Crippen LogP contribution in [0.2, 0.25) is 0 Å². The van der Waals surface area contributed by atoms with Crippen LogP contribution in [-0.4, -0.2) is 37.9 Å². The van der Waals surface area contributed by atoms with Crippen molar-refractivity contribution in [2.75, 3.05) is 18.6 Å². The molecule has 0 radical (unpaired) electrons. The summed E-state index contributed by atoms with van der Waals surface area (Å²) in [5.74, 6) is 0.146. The first-order valence-corrected chi connectivity index (χ1v) is 8.11. The van der Waals surface area contributed by atoms with E-state index in [2.05, 4.69) is 0 Å². The van der Waals surface area contributed by atoms with E-state index in [-0.39, 0.29) is 23.4 Å². The number of rotatable bonds is 4. The van der Waals surface area contributed by atoms with Crippen molar-refractivity contribution < 1.29 is 12.8 Å². The summed E-state index contributed by atoms with van der Waals surface area (Å²) in [4.78, 5) is 1.97. The minimum Gasteiger partial charge on any atom is -0.326 e. The number of benzene rings is 1. The van der Waals surface area contributed by atoms with Crippen LogP contribution in [0.5, 0.6) is 0 Å². The normalized spacial score (nSPS) is 22.0. The first-order valence-electron chi connectivity index (χ1n) is 6.29. The van der Waals surface area contributed by atoms with Gasteiger partial charge in [-0.25, -0.2) is 12.8 Å². The van der Waals surface area contributed by atoms with E-state index in [0.717, 1.165) is 11.1 Å². The lowest BCUT2D eigenvalue weighted by molar-refractivity contribution is 0.253. The Hall–Kier alpha value is -0.980. The maximum atomic E-state index is 13.4. The van der Waals surface area contributed by atoms with Crippen LogP contribution in [0.4, 0.5) is 4.39 Å². The fourth-order valence-corrected chi connectivity index (χ4v) is 4.27. The summed E-state index contributed by atoms with van der Waals surface area (Å²) in [5, 5.41) is 0. The molecular weight excluding hydrogens is 267 g/mol. The zero-order valence-electron chi connectivity index (χ0n) is 11.0. The number of hydrogen-bond donors (Lipinski definition) is 1. The van der Waals surface area contributed by atoms with Crippen LogP contribution in [0.3, 0.4) is 0 Å². The summed E-state index contributed by atoms with van der Waals surface area (Å²) in [5.41, 5.74) is 7.09.